The number of amides is 3. The molecule has 3 N–H and O–H groups in total. The predicted molar refractivity (Wildman–Crippen MR) is 135 cm³/mol. The third kappa shape index (κ3) is 8.16. The Morgan fingerprint density at radius 1 is 1.31 bits per heavy atom. The van der Waals surface area contributed by atoms with Gasteiger partial charge in [0.15, 0.2) is 5.13 Å². The highest BCUT2D eigenvalue weighted by Gasteiger charge is 2.22. The highest BCUT2D eigenvalue weighted by atomic mass is 32.1. The molecule has 2 heterocycles. The summed E-state index contributed by atoms with van der Waals surface area (Å²) < 4.78 is 7.11. The van der Waals surface area contributed by atoms with Crippen molar-refractivity contribution >= 4 is 28.4 Å². The number of anilines is 1. The molecule has 0 radical (unpaired) electrons. The van der Waals surface area contributed by atoms with Crippen molar-refractivity contribution in [1.82, 2.24) is 25.2 Å². The zero-order valence-electron chi connectivity index (χ0n) is 20.0. The number of rotatable bonds is 13. The maximum Gasteiger partial charge on any atom is 0.324 e. The molecule has 3 rings (SSSR count). The first-order chi connectivity index (χ1) is 17.5. The first kappa shape index (κ1) is 26.8. The van der Waals surface area contributed by atoms with E-state index in [1.807, 2.05) is 17.7 Å². The Bertz CT molecular complexity index is 1140. The van der Waals surface area contributed by atoms with Gasteiger partial charge in [-0.3, -0.25) is 9.69 Å². The van der Waals surface area contributed by atoms with Crippen molar-refractivity contribution in [1.29, 1.82) is 5.26 Å². The Morgan fingerprint density at radius 2 is 2.11 bits per heavy atom. The van der Waals surface area contributed by atoms with Gasteiger partial charge in [-0.05, 0) is 31.0 Å². The molecule has 2 aromatic heterocycles. The number of benzene rings is 1. The topological polar surface area (TPSA) is 145 Å². The molecule has 0 aliphatic heterocycles. The Morgan fingerprint density at radius 3 is 2.81 bits per heavy atom. The SMILES string of the molecule is CCOCC(O)CNC(=O)N(Cc1ccc(C#N)cc1)c1ncc(C(=O)NCCCn2ccnc2)s1. The van der Waals surface area contributed by atoms with E-state index in [2.05, 4.69) is 26.7 Å². The summed E-state index contributed by atoms with van der Waals surface area (Å²) >= 11 is 1.10. The maximum atomic E-state index is 13.0. The molecular formula is C24H29N7O4S. The summed E-state index contributed by atoms with van der Waals surface area (Å²) in [5, 5.41) is 24.9. The largest absolute Gasteiger partial charge is 0.389 e. The number of nitriles is 1. The van der Waals surface area contributed by atoms with E-state index in [9.17, 15) is 14.7 Å². The number of carbonyl (C=O) groups excluding carboxylic acids is 2. The summed E-state index contributed by atoms with van der Waals surface area (Å²) in [6.07, 6.45) is 6.61. The number of nitrogens with one attached hydrogen (secondary N) is 2. The molecular weight excluding hydrogens is 482 g/mol. The number of carbonyl (C=O) groups is 2. The van der Waals surface area contributed by atoms with Crippen molar-refractivity contribution in [3.8, 4) is 6.07 Å². The fraction of sp³-hybridized carbons (Fsp3) is 0.375. The van der Waals surface area contributed by atoms with Gasteiger partial charge in [0.25, 0.3) is 5.91 Å². The maximum absolute atomic E-state index is 13.0. The van der Waals surface area contributed by atoms with E-state index >= 15 is 0 Å². The molecule has 3 amide bonds. The van der Waals surface area contributed by atoms with Crippen LogP contribution >= 0.6 is 11.3 Å². The third-order valence-electron chi connectivity index (χ3n) is 5.06. The second-order valence-corrected chi connectivity index (χ2v) is 8.82. The summed E-state index contributed by atoms with van der Waals surface area (Å²) in [6, 6.07) is 8.43. The number of nitrogens with zero attached hydrogens (tertiary/aromatic N) is 5. The summed E-state index contributed by atoms with van der Waals surface area (Å²) in [4.78, 5) is 35.7. The van der Waals surface area contributed by atoms with Crippen LogP contribution in [0.1, 0.15) is 34.1 Å². The molecule has 0 saturated heterocycles. The van der Waals surface area contributed by atoms with Crippen molar-refractivity contribution < 1.29 is 19.4 Å². The van der Waals surface area contributed by atoms with Crippen LogP contribution < -0.4 is 15.5 Å². The molecule has 0 aliphatic rings. The van der Waals surface area contributed by atoms with E-state index < -0.39 is 12.1 Å². The molecule has 0 spiro atoms. The van der Waals surface area contributed by atoms with Crippen LogP contribution in [0, 0.1) is 11.3 Å². The molecule has 1 unspecified atom stereocenters. The van der Waals surface area contributed by atoms with Crippen LogP contribution in [-0.2, 0) is 17.8 Å². The van der Waals surface area contributed by atoms with E-state index in [0.717, 1.165) is 29.9 Å². The molecule has 0 fully saturated rings. The highest BCUT2D eigenvalue weighted by Crippen LogP contribution is 2.24. The van der Waals surface area contributed by atoms with Crippen molar-refractivity contribution in [2.75, 3.05) is 31.2 Å². The number of aromatic nitrogens is 3. The van der Waals surface area contributed by atoms with Crippen LogP contribution in [0.15, 0.2) is 49.2 Å². The number of aliphatic hydroxyl groups is 1. The molecule has 0 bridgehead atoms. The molecule has 1 aromatic carbocycles. The minimum Gasteiger partial charge on any atom is -0.389 e. The molecule has 36 heavy (non-hydrogen) atoms. The molecule has 0 aliphatic carbocycles. The van der Waals surface area contributed by atoms with Gasteiger partial charge in [0.2, 0.25) is 0 Å². The second kappa shape index (κ2) is 13.9. The van der Waals surface area contributed by atoms with Gasteiger partial charge in [-0.25, -0.2) is 14.8 Å². The minimum absolute atomic E-state index is 0.00165. The standard InChI is InChI=1S/C24H29N7O4S/c1-2-35-16-20(32)13-28-23(34)31(15-19-6-4-18(12-25)5-7-19)24-29-14-21(36-24)22(33)27-8-3-10-30-11-9-26-17-30/h4-7,9,11,14,17,20,32H,2-3,8,10,13,15-16H2,1H3,(H,27,33)(H,28,34). The van der Waals surface area contributed by atoms with Crippen LogP contribution in [0.25, 0.3) is 0 Å². The monoisotopic (exact) mass is 511 g/mol. The molecule has 1 atom stereocenters. The number of urea groups is 1. The number of aliphatic hydroxyl groups excluding tert-OH is 1. The molecule has 190 valence electrons. The predicted octanol–water partition coefficient (Wildman–Crippen LogP) is 2.14. The van der Waals surface area contributed by atoms with Gasteiger partial charge in [0.1, 0.15) is 4.88 Å². The van der Waals surface area contributed by atoms with Crippen LogP contribution in [0.3, 0.4) is 0 Å². The number of aryl methyl sites for hydroxylation is 1. The summed E-state index contributed by atoms with van der Waals surface area (Å²) in [5.74, 6) is -0.268. The lowest BCUT2D eigenvalue weighted by Gasteiger charge is -2.21. The first-order valence-corrected chi connectivity index (χ1v) is 12.3. The van der Waals surface area contributed by atoms with Gasteiger partial charge in [-0.2, -0.15) is 5.26 Å². The van der Waals surface area contributed by atoms with E-state index in [1.54, 1.807) is 36.8 Å². The smallest absolute Gasteiger partial charge is 0.324 e. The Labute approximate surface area is 213 Å². The fourth-order valence-electron chi connectivity index (χ4n) is 3.17. The number of hydrogen-bond donors (Lipinski definition) is 3. The lowest BCUT2D eigenvalue weighted by molar-refractivity contribution is 0.0442. The third-order valence-corrected chi connectivity index (χ3v) is 6.08. The van der Waals surface area contributed by atoms with E-state index in [1.165, 1.54) is 11.1 Å². The summed E-state index contributed by atoms with van der Waals surface area (Å²) in [5.41, 5.74) is 1.29. The summed E-state index contributed by atoms with van der Waals surface area (Å²) in [6.45, 7) is 3.77. The quantitative estimate of drug-likeness (QED) is 0.298. The molecule has 12 heteroatoms. The van der Waals surface area contributed by atoms with Gasteiger partial charge in [-0.15, -0.1) is 0 Å². The van der Waals surface area contributed by atoms with Gasteiger partial charge in [0, 0.05) is 38.6 Å². The Balaban J connectivity index is 1.64. The van der Waals surface area contributed by atoms with E-state index in [4.69, 9.17) is 10.00 Å². The lowest BCUT2D eigenvalue weighted by Crippen LogP contribution is -2.43. The van der Waals surface area contributed by atoms with E-state index in [-0.39, 0.29) is 25.6 Å². The Kier molecular flexibility index (Phi) is 10.4. The van der Waals surface area contributed by atoms with Gasteiger partial charge >= 0.3 is 6.03 Å². The molecule has 3 aromatic rings. The number of thiazole rings is 1. The van der Waals surface area contributed by atoms with Crippen molar-refractivity contribution in [2.45, 2.75) is 32.5 Å². The van der Waals surface area contributed by atoms with Gasteiger partial charge in [-0.1, -0.05) is 23.5 Å². The zero-order valence-corrected chi connectivity index (χ0v) is 20.8. The van der Waals surface area contributed by atoms with Crippen molar-refractivity contribution in [3.05, 3.63) is 65.2 Å². The normalized spacial score (nSPS) is 11.5. The molecule has 0 saturated carbocycles. The van der Waals surface area contributed by atoms with Crippen molar-refractivity contribution in [3.63, 3.8) is 0 Å². The van der Waals surface area contributed by atoms with E-state index in [0.29, 0.717) is 28.7 Å². The second-order valence-electron chi connectivity index (χ2n) is 7.81. The van der Waals surface area contributed by atoms with Crippen molar-refractivity contribution in [2.24, 2.45) is 0 Å². The van der Waals surface area contributed by atoms with Crippen LogP contribution in [0.4, 0.5) is 9.93 Å². The van der Waals surface area contributed by atoms with Crippen LogP contribution in [0.5, 0.6) is 0 Å². The first-order valence-electron chi connectivity index (χ1n) is 11.5. The Hall–Kier alpha value is -3.79. The summed E-state index contributed by atoms with van der Waals surface area (Å²) in [7, 11) is 0. The average Bonchev–Trinajstić information content (AvgIpc) is 3.60. The average molecular weight is 512 g/mol. The highest BCUT2D eigenvalue weighted by molar-refractivity contribution is 7.17. The van der Waals surface area contributed by atoms with Gasteiger partial charge in [0.05, 0.1) is 43.4 Å². The molecule has 11 nitrogen and oxygen atoms in total. The lowest BCUT2D eigenvalue weighted by atomic mass is 10.1. The number of hydrogen-bond acceptors (Lipinski definition) is 8. The fourth-order valence-corrected chi connectivity index (χ4v) is 4.00. The van der Waals surface area contributed by atoms with Gasteiger partial charge < -0.3 is 25.0 Å². The number of ether oxygens (including phenoxy) is 1. The van der Waals surface area contributed by atoms with Crippen LogP contribution in [0.2, 0.25) is 0 Å². The minimum atomic E-state index is -0.856. The number of imidazole rings is 1. The zero-order chi connectivity index (χ0) is 25.8. The van der Waals surface area contributed by atoms with Crippen LogP contribution in [-0.4, -0.2) is 64.0 Å².